The van der Waals surface area contributed by atoms with Gasteiger partial charge in [0.25, 0.3) is 10.0 Å². The second kappa shape index (κ2) is 4.91. The molecular weight excluding hydrogens is 246 g/mol. The molecule has 0 fully saturated rings. The van der Waals surface area contributed by atoms with Crippen LogP contribution in [-0.4, -0.2) is 28.6 Å². The Morgan fingerprint density at radius 1 is 1.18 bits per heavy atom. The number of nitrogens with two attached hydrogens (primary N) is 2. The monoisotopic (exact) mass is 259 g/mol. The zero-order valence-corrected chi connectivity index (χ0v) is 10.2. The molecule has 8 heteroatoms. The lowest BCUT2D eigenvalue weighted by molar-refractivity contribution is 0.354. The highest BCUT2D eigenvalue weighted by molar-refractivity contribution is 7.90. The maximum absolute atomic E-state index is 11.7. The molecule has 17 heavy (non-hydrogen) atoms. The van der Waals surface area contributed by atoms with Gasteiger partial charge in [-0.25, -0.2) is 0 Å². The predicted molar refractivity (Wildman–Crippen MR) is 62.5 cm³/mol. The Balaban J connectivity index is 3.30. The van der Waals surface area contributed by atoms with E-state index >= 15 is 0 Å². The Morgan fingerprint density at radius 2 is 1.76 bits per heavy atom. The van der Waals surface area contributed by atoms with Gasteiger partial charge in [0.1, 0.15) is 0 Å². The zero-order chi connectivity index (χ0) is 13.1. The van der Waals surface area contributed by atoms with Gasteiger partial charge >= 0.3 is 0 Å². The molecule has 0 heterocycles. The minimum Gasteiger partial charge on any atom is -0.493 e. The van der Waals surface area contributed by atoms with Gasteiger partial charge in [-0.15, -0.1) is 4.40 Å². The van der Waals surface area contributed by atoms with Gasteiger partial charge in [0.15, 0.2) is 11.5 Å². The number of hydrogen-bond donors (Lipinski definition) is 2. The lowest BCUT2D eigenvalue weighted by Gasteiger charge is -2.08. The van der Waals surface area contributed by atoms with E-state index in [4.69, 9.17) is 20.9 Å². The van der Waals surface area contributed by atoms with Crippen LogP contribution in [0, 0.1) is 0 Å². The van der Waals surface area contributed by atoms with Crippen molar-refractivity contribution in [2.24, 2.45) is 15.9 Å². The van der Waals surface area contributed by atoms with Gasteiger partial charge in [-0.3, -0.25) is 0 Å². The summed E-state index contributed by atoms with van der Waals surface area (Å²) in [6.07, 6.45) is 0. The van der Waals surface area contributed by atoms with Gasteiger partial charge in [0.2, 0.25) is 5.96 Å². The van der Waals surface area contributed by atoms with E-state index in [0.717, 1.165) is 0 Å². The summed E-state index contributed by atoms with van der Waals surface area (Å²) < 4.78 is 36.4. The standard InChI is InChI=1S/C9H13N3O4S/c1-15-7-4-3-6(5-8(7)16-2)17(13,14)12-9(10)11/h3-5H,1-2H3,(H4,10,11,12). The number of sulfonamides is 1. The number of hydrogen-bond acceptors (Lipinski definition) is 4. The molecule has 0 spiro atoms. The molecule has 0 radical (unpaired) electrons. The third-order valence-corrected chi connectivity index (χ3v) is 3.18. The molecule has 0 saturated heterocycles. The molecule has 0 amide bonds. The molecule has 0 aliphatic heterocycles. The van der Waals surface area contributed by atoms with Gasteiger partial charge in [0, 0.05) is 6.07 Å². The summed E-state index contributed by atoms with van der Waals surface area (Å²) >= 11 is 0. The predicted octanol–water partition coefficient (Wildman–Crippen LogP) is -0.334. The fraction of sp³-hybridized carbons (Fsp3) is 0.222. The largest absolute Gasteiger partial charge is 0.493 e. The van der Waals surface area contributed by atoms with Crippen molar-refractivity contribution in [3.63, 3.8) is 0 Å². The molecule has 0 unspecified atom stereocenters. The molecule has 0 aliphatic rings. The maximum Gasteiger partial charge on any atom is 0.285 e. The van der Waals surface area contributed by atoms with Crippen molar-refractivity contribution in [3.05, 3.63) is 18.2 Å². The van der Waals surface area contributed by atoms with Crippen LogP contribution in [0.3, 0.4) is 0 Å². The molecule has 0 bridgehead atoms. The lowest BCUT2D eigenvalue weighted by atomic mass is 10.3. The van der Waals surface area contributed by atoms with Gasteiger partial charge in [-0.1, -0.05) is 0 Å². The van der Waals surface area contributed by atoms with Gasteiger partial charge in [-0.05, 0) is 12.1 Å². The summed E-state index contributed by atoms with van der Waals surface area (Å²) in [7, 11) is -1.07. The molecule has 1 aromatic carbocycles. The molecule has 1 rings (SSSR count). The number of rotatable bonds is 4. The van der Waals surface area contributed by atoms with Crippen molar-refractivity contribution in [1.82, 2.24) is 0 Å². The highest BCUT2D eigenvalue weighted by Gasteiger charge is 2.16. The van der Waals surface area contributed by atoms with Crippen LogP contribution in [0.5, 0.6) is 11.5 Å². The van der Waals surface area contributed by atoms with Gasteiger partial charge < -0.3 is 20.9 Å². The number of nitrogens with zero attached hydrogens (tertiary/aromatic N) is 1. The summed E-state index contributed by atoms with van der Waals surface area (Å²) in [5.74, 6) is 0.162. The Labute approximate surface area is 99.1 Å². The van der Waals surface area contributed by atoms with E-state index in [2.05, 4.69) is 4.40 Å². The molecule has 0 aromatic heterocycles. The third-order valence-electron chi connectivity index (χ3n) is 1.88. The second-order valence-electron chi connectivity index (χ2n) is 3.01. The van der Waals surface area contributed by atoms with Gasteiger partial charge in [-0.2, -0.15) is 8.42 Å². The van der Waals surface area contributed by atoms with E-state index in [1.165, 1.54) is 32.4 Å². The minimum atomic E-state index is -3.91. The molecule has 0 aliphatic carbocycles. The normalized spacial score (nSPS) is 10.7. The molecule has 0 atom stereocenters. The Bertz CT molecular complexity index is 535. The van der Waals surface area contributed by atoms with E-state index in [9.17, 15) is 8.42 Å². The summed E-state index contributed by atoms with van der Waals surface area (Å²) in [5.41, 5.74) is 10.1. The lowest BCUT2D eigenvalue weighted by Crippen LogP contribution is -2.24. The van der Waals surface area contributed by atoms with Crippen LogP contribution in [0.2, 0.25) is 0 Å². The average Bonchev–Trinajstić information content (AvgIpc) is 2.26. The van der Waals surface area contributed by atoms with Crippen LogP contribution in [0.15, 0.2) is 27.5 Å². The van der Waals surface area contributed by atoms with Crippen LogP contribution in [0.1, 0.15) is 0 Å². The number of guanidine groups is 1. The molecule has 7 nitrogen and oxygen atoms in total. The van der Waals surface area contributed by atoms with Crippen molar-refractivity contribution in [2.75, 3.05) is 14.2 Å². The van der Waals surface area contributed by atoms with E-state index in [-0.39, 0.29) is 10.6 Å². The third kappa shape index (κ3) is 3.00. The van der Waals surface area contributed by atoms with E-state index in [0.29, 0.717) is 5.75 Å². The highest BCUT2D eigenvalue weighted by Crippen LogP contribution is 2.29. The molecule has 94 valence electrons. The highest BCUT2D eigenvalue weighted by atomic mass is 32.2. The van der Waals surface area contributed by atoms with Crippen LogP contribution in [0.25, 0.3) is 0 Å². The van der Waals surface area contributed by atoms with Crippen molar-refractivity contribution < 1.29 is 17.9 Å². The van der Waals surface area contributed by atoms with Crippen molar-refractivity contribution in [3.8, 4) is 11.5 Å². The van der Waals surface area contributed by atoms with Crippen LogP contribution >= 0.6 is 0 Å². The van der Waals surface area contributed by atoms with Crippen molar-refractivity contribution >= 4 is 16.0 Å². The summed E-state index contributed by atoms with van der Waals surface area (Å²) in [4.78, 5) is -0.0800. The Kier molecular flexibility index (Phi) is 3.79. The number of benzene rings is 1. The second-order valence-corrected chi connectivity index (χ2v) is 4.61. The summed E-state index contributed by atoms with van der Waals surface area (Å²) in [5, 5.41) is 0. The fourth-order valence-corrected chi connectivity index (χ4v) is 2.05. The smallest absolute Gasteiger partial charge is 0.285 e. The van der Waals surface area contributed by atoms with Crippen LogP contribution < -0.4 is 20.9 Å². The van der Waals surface area contributed by atoms with E-state index in [1.807, 2.05) is 0 Å². The van der Waals surface area contributed by atoms with E-state index < -0.39 is 16.0 Å². The molecule has 0 saturated carbocycles. The van der Waals surface area contributed by atoms with Crippen molar-refractivity contribution in [2.45, 2.75) is 4.90 Å². The number of methoxy groups -OCH3 is 2. The van der Waals surface area contributed by atoms with E-state index in [1.54, 1.807) is 0 Å². The first-order valence-corrected chi connectivity index (χ1v) is 5.92. The first-order chi connectivity index (χ1) is 7.90. The Morgan fingerprint density at radius 3 is 2.24 bits per heavy atom. The zero-order valence-electron chi connectivity index (χ0n) is 9.38. The molecular formula is C9H13N3O4S. The molecule has 4 N–H and O–H groups in total. The van der Waals surface area contributed by atoms with Crippen LogP contribution in [0.4, 0.5) is 0 Å². The van der Waals surface area contributed by atoms with Gasteiger partial charge in [0.05, 0.1) is 19.1 Å². The number of ether oxygens (including phenoxy) is 2. The topological polar surface area (TPSA) is 117 Å². The average molecular weight is 259 g/mol. The first-order valence-electron chi connectivity index (χ1n) is 4.48. The maximum atomic E-state index is 11.7. The molecule has 1 aromatic rings. The SMILES string of the molecule is COc1ccc(S(=O)(=O)N=C(N)N)cc1OC. The quantitative estimate of drug-likeness (QED) is 0.564. The first kappa shape index (κ1) is 13.1. The Hall–Kier alpha value is -1.96. The minimum absolute atomic E-state index is 0.0800. The van der Waals surface area contributed by atoms with Crippen LogP contribution in [-0.2, 0) is 10.0 Å². The van der Waals surface area contributed by atoms with Crippen molar-refractivity contribution in [1.29, 1.82) is 0 Å². The fourth-order valence-electron chi connectivity index (χ4n) is 1.17. The summed E-state index contributed by atoms with van der Waals surface area (Å²) in [6.45, 7) is 0. The summed E-state index contributed by atoms with van der Waals surface area (Å²) in [6, 6.07) is 4.05.